The molecule has 1 aliphatic heterocycles. The minimum atomic E-state index is -1.03. The number of rotatable bonds is 2. The van der Waals surface area contributed by atoms with Gasteiger partial charge < -0.3 is 15.1 Å². The van der Waals surface area contributed by atoms with E-state index in [4.69, 9.17) is 0 Å². The van der Waals surface area contributed by atoms with Gasteiger partial charge in [0, 0.05) is 29.3 Å². The number of ketones is 1. The van der Waals surface area contributed by atoms with Crippen LogP contribution in [0.15, 0.2) is 11.8 Å². The van der Waals surface area contributed by atoms with Crippen LogP contribution >= 0.6 is 0 Å². The van der Waals surface area contributed by atoms with Gasteiger partial charge in [0.1, 0.15) is 5.92 Å². The Balaban J connectivity index is 1.80. The average molecular weight is 418 g/mol. The van der Waals surface area contributed by atoms with Crippen molar-refractivity contribution in [2.24, 2.45) is 40.4 Å². The lowest BCUT2D eigenvalue weighted by Gasteiger charge is -2.63. The highest BCUT2D eigenvalue weighted by Crippen LogP contribution is 2.66. The van der Waals surface area contributed by atoms with Gasteiger partial charge in [-0.05, 0) is 76.0 Å². The molecule has 0 aromatic heterocycles. The van der Waals surface area contributed by atoms with Crippen molar-refractivity contribution in [1.82, 2.24) is 4.90 Å². The molecule has 6 heteroatoms. The molecule has 3 fully saturated rings. The molecule has 0 aromatic rings. The second-order valence-corrected chi connectivity index (χ2v) is 11.6. The number of carboxylic acid groups (broad SMARTS) is 2. The Hall–Kier alpha value is -1.85. The maximum absolute atomic E-state index is 12.7. The first-order chi connectivity index (χ1) is 13.8. The average Bonchev–Trinajstić information content (AvgIpc) is 2.97. The number of carbonyl (C=O) groups excluding carboxylic acids is 1. The lowest BCUT2D eigenvalue weighted by Crippen LogP contribution is -2.62. The van der Waals surface area contributed by atoms with Gasteiger partial charge >= 0.3 is 11.9 Å². The van der Waals surface area contributed by atoms with Gasteiger partial charge in [-0.2, -0.15) is 0 Å². The van der Waals surface area contributed by atoms with Gasteiger partial charge in [0.05, 0.1) is 5.92 Å². The standard InChI is InChI=1S/C24H35NO5/c1-22(2,3)25-12-14-15-6-7-17(21(29)30)23(15,4)9-8-16(14)24(5)11-13(20(27)28)18(26)10-19(24)25/h10,13-17H,6-9,11-12H2,1-5H3,(H,27,28)(H,29,30)/t13?,14-,15-,16-,17+,23-,24+/m0/s1. The van der Waals surface area contributed by atoms with Crippen LogP contribution in [0, 0.1) is 40.4 Å². The number of nitrogens with zero attached hydrogens (tertiary/aromatic N) is 1. The topological polar surface area (TPSA) is 94.9 Å². The van der Waals surface area contributed by atoms with E-state index in [0.29, 0.717) is 18.3 Å². The highest BCUT2D eigenvalue weighted by atomic mass is 16.4. The third-order valence-electron chi connectivity index (χ3n) is 9.18. The van der Waals surface area contributed by atoms with E-state index in [-0.39, 0.29) is 34.0 Å². The molecule has 166 valence electrons. The third-order valence-corrected chi connectivity index (χ3v) is 9.18. The number of carbonyl (C=O) groups is 3. The zero-order chi connectivity index (χ0) is 22.2. The number of allylic oxidation sites excluding steroid dienone is 2. The van der Waals surface area contributed by atoms with Crippen molar-refractivity contribution >= 4 is 17.7 Å². The van der Waals surface area contributed by atoms with Gasteiger partial charge in [0.25, 0.3) is 0 Å². The van der Waals surface area contributed by atoms with Crippen molar-refractivity contribution in [3.8, 4) is 0 Å². The molecule has 4 rings (SSSR count). The first-order valence-electron chi connectivity index (χ1n) is 11.3. The molecule has 3 aliphatic carbocycles. The molecule has 4 aliphatic rings. The van der Waals surface area contributed by atoms with Gasteiger partial charge in [0.15, 0.2) is 5.78 Å². The number of fused-ring (bicyclic) bond motifs is 5. The Morgan fingerprint density at radius 3 is 2.30 bits per heavy atom. The van der Waals surface area contributed by atoms with E-state index in [9.17, 15) is 24.6 Å². The quantitative estimate of drug-likeness (QED) is 0.664. The lowest BCUT2D eigenvalue weighted by atomic mass is 9.48. The molecule has 7 atom stereocenters. The monoisotopic (exact) mass is 417 g/mol. The lowest BCUT2D eigenvalue weighted by molar-refractivity contribution is -0.156. The van der Waals surface area contributed by atoms with Crippen LogP contribution in [0.2, 0.25) is 0 Å². The van der Waals surface area contributed by atoms with Gasteiger partial charge in [-0.15, -0.1) is 0 Å². The second-order valence-electron chi connectivity index (χ2n) is 11.6. The Bertz CT molecular complexity index is 826. The largest absolute Gasteiger partial charge is 0.481 e. The fourth-order valence-corrected chi connectivity index (χ4v) is 7.65. The van der Waals surface area contributed by atoms with Crippen LogP contribution in [0.4, 0.5) is 0 Å². The van der Waals surface area contributed by atoms with Crippen LogP contribution in [0.25, 0.3) is 0 Å². The molecule has 0 radical (unpaired) electrons. The molecule has 30 heavy (non-hydrogen) atoms. The van der Waals surface area contributed by atoms with E-state index in [2.05, 4.69) is 39.5 Å². The van der Waals surface area contributed by atoms with Gasteiger partial charge in [-0.1, -0.05) is 13.8 Å². The Kier molecular flexibility index (Phi) is 4.68. The number of likely N-dealkylation sites (tertiary alicyclic amines) is 1. The summed E-state index contributed by atoms with van der Waals surface area (Å²) in [7, 11) is 0. The second kappa shape index (κ2) is 6.57. The summed E-state index contributed by atoms with van der Waals surface area (Å²) >= 11 is 0. The Labute approximate surface area is 178 Å². The molecule has 0 aromatic carbocycles. The fraction of sp³-hybridized carbons (Fsp3) is 0.792. The third kappa shape index (κ3) is 2.85. The van der Waals surface area contributed by atoms with Crippen molar-refractivity contribution in [1.29, 1.82) is 0 Å². The molecule has 2 N–H and O–H groups in total. The normalized spacial score (nSPS) is 43.4. The molecule has 0 bridgehead atoms. The number of hydrogen-bond donors (Lipinski definition) is 2. The van der Waals surface area contributed by atoms with Crippen LogP contribution in [0.5, 0.6) is 0 Å². The van der Waals surface area contributed by atoms with E-state index in [1.54, 1.807) is 6.08 Å². The first-order valence-corrected chi connectivity index (χ1v) is 11.3. The van der Waals surface area contributed by atoms with Crippen LogP contribution < -0.4 is 0 Å². The summed E-state index contributed by atoms with van der Waals surface area (Å²) in [6.45, 7) is 11.5. The van der Waals surface area contributed by atoms with Gasteiger partial charge in [0.2, 0.25) is 0 Å². The van der Waals surface area contributed by atoms with E-state index < -0.39 is 17.9 Å². The van der Waals surface area contributed by atoms with Crippen LogP contribution in [-0.2, 0) is 14.4 Å². The fourth-order valence-electron chi connectivity index (χ4n) is 7.65. The summed E-state index contributed by atoms with van der Waals surface area (Å²) in [5.41, 5.74) is 0.211. The maximum atomic E-state index is 12.7. The van der Waals surface area contributed by atoms with Crippen molar-refractivity contribution in [2.45, 2.75) is 72.3 Å². The van der Waals surface area contributed by atoms with E-state index >= 15 is 0 Å². The molecule has 2 saturated carbocycles. The van der Waals surface area contributed by atoms with Crippen LogP contribution in [-0.4, -0.2) is 44.9 Å². The zero-order valence-electron chi connectivity index (χ0n) is 18.8. The Morgan fingerprint density at radius 1 is 1.07 bits per heavy atom. The highest BCUT2D eigenvalue weighted by Gasteiger charge is 2.63. The molecule has 1 unspecified atom stereocenters. The van der Waals surface area contributed by atoms with E-state index in [0.717, 1.165) is 37.9 Å². The highest BCUT2D eigenvalue weighted by molar-refractivity contribution is 6.05. The van der Waals surface area contributed by atoms with Crippen LogP contribution in [0.3, 0.4) is 0 Å². The van der Waals surface area contributed by atoms with Crippen molar-refractivity contribution in [3.05, 3.63) is 11.8 Å². The predicted octanol–water partition coefficient (Wildman–Crippen LogP) is 3.81. The summed E-state index contributed by atoms with van der Waals surface area (Å²) in [5.74, 6) is -2.37. The van der Waals surface area contributed by atoms with Crippen molar-refractivity contribution < 1.29 is 24.6 Å². The van der Waals surface area contributed by atoms with Gasteiger partial charge in [-0.25, -0.2) is 0 Å². The summed E-state index contributed by atoms with van der Waals surface area (Å²) in [5, 5.41) is 19.5. The summed E-state index contributed by atoms with van der Waals surface area (Å²) < 4.78 is 0. The number of aliphatic carboxylic acids is 2. The molecular weight excluding hydrogens is 382 g/mol. The maximum Gasteiger partial charge on any atom is 0.314 e. The molecule has 1 heterocycles. The molecule has 0 amide bonds. The van der Waals surface area contributed by atoms with Crippen LogP contribution in [0.1, 0.15) is 66.7 Å². The van der Waals surface area contributed by atoms with Gasteiger partial charge in [-0.3, -0.25) is 14.4 Å². The number of hydrogen-bond acceptors (Lipinski definition) is 4. The van der Waals surface area contributed by atoms with Crippen molar-refractivity contribution in [2.75, 3.05) is 6.54 Å². The molecule has 6 nitrogen and oxygen atoms in total. The number of piperidine rings is 1. The minimum Gasteiger partial charge on any atom is -0.481 e. The summed E-state index contributed by atoms with van der Waals surface area (Å²) in [6, 6.07) is 0. The molecule has 1 saturated heterocycles. The Morgan fingerprint density at radius 2 is 1.73 bits per heavy atom. The zero-order valence-corrected chi connectivity index (χ0v) is 18.8. The predicted molar refractivity (Wildman–Crippen MR) is 112 cm³/mol. The SMILES string of the molecule is CC(C)(C)N1C[C@H]2[C@@H]3CC[C@H](C(=O)O)[C@@]3(C)CC[C@@H]2[C@@]2(C)CC(C(=O)O)C(=O)C=C12. The molecular formula is C24H35NO5. The molecule has 0 spiro atoms. The first kappa shape index (κ1) is 21.4. The minimum absolute atomic E-state index is 0.201. The summed E-state index contributed by atoms with van der Waals surface area (Å²) in [6.07, 6.45) is 5.36. The van der Waals surface area contributed by atoms with E-state index in [1.807, 2.05) is 0 Å². The van der Waals surface area contributed by atoms with E-state index in [1.165, 1.54) is 0 Å². The smallest absolute Gasteiger partial charge is 0.314 e. The summed E-state index contributed by atoms with van der Waals surface area (Å²) in [4.78, 5) is 38.8. The van der Waals surface area contributed by atoms with Crippen molar-refractivity contribution in [3.63, 3.8) is 0 Å². The number of carboxylic acids is 2.